The number of rotatable bonds is 2. The van der Waals surface area contributed by atoms with Crippen LogP contribution in [0.3, 0.4) is 0 Å². The number of benzene rings is 1. The summed E-state index contributed by atoms with van der Waals surface area (Å²) in [4.78, 5) is 12.4. The number of nitrogens with zero attached hydrogens (tertiary/aromatic N) is 2. The largest absolute Gasteiger partial charge is 0.341 e. The molecule has 0 aliphatic carbocycles. The van der Waals surface area contributed by atoms with Crippen molar-refractivity contribution in [3.05, 3.63) is 51.3 Å². The molecule has 0 aliphatic heterocycles. The van der Waals surface area contributed by atoms with Crippen molar-refractivity contribution in [2.75, 3.05) is 0 Å². The Kier molecular flexibility index (Phi) is 3.87. The highest BCUT2D eigenvalue weighted by Crippen LogP contribution is 2.28. The number of hydrogen-bond acceptors (Lipinski definition) is 3. The molecule has 0 atom stereocenters. The second-order valence-electron chi connectivity index (χ2n) is 5.15. The Bertz CT molecular complexity index is 866. The predicted octanol–water partition coefficient (Wildman–Crippen LogP) is 5.24. The van der Waals surface area contributed by atoms with Crippen LogP contribution in [-0.2, 0) is 0 Å². The first-order valence-corrected chi connectivity index (χ1v) is 7.92. The fourth-order valence-electron chi connectivity index (χ4n) is 2.29. The van der Waals surface area contributed by atoms with Crippen molar-refractivity contribution >= 4 is 38.9 Å². The minimum absolute atomic E-state index is 0.317. The molecule has 0 fully saturated rings. The summed E-state index contributed by atoms with van der Waals surface area (Å²) >= 11 is 8.88. The van der Waals surface area contributed by atoms with Crippen LogP contribution in [0.2, 0.25) is 0 Å². The predicted molar refractivity (Wildman–Crippen MR) is 91.9 cm³/mol. The summed E-state index contributed by atoms with van der Waals surface area (Å²) in [7, 11) is 0. The van der Waals surface area contributed by atoms with Gasteiger partial charge in [0.2, 0.25) is 0 Å². The number of H-pyrrole nitrogens is 1. The highest BCUT2D eigenvalue weighted by molar-refractivity contribution is 9.10. The standard InChI is InChI=1S/C16H14BrN3S/c1-9(2)13-12(17)16(21)20-15(19-13)14-11-6-4-3-5-10(11)7-8-18-14/h3-9H,1-2H3,(H,19,20,21). The summed E-state index contributed by atoms with van der Waals surface area (Å²) in [5, 5.41) is 2.20. The maximum Gasteiger partial charge on any atom is 0.158 e. The van der Waals surface area contributed by atoms with Gasteiger partial charge in [-0.3, -0.25) is 4.98 Å². The van der Waals surface area contributed by atoms with E-state index in [9.17, 15) is 0 Å². The molecule has 0 unspecified atom stereocenters. The SMILES string of the molecule is CC(C)c1[nH]c(-c2nccc3ccccc23)nc(=S)c1Br. The fourth-order valence-corrected chi connectivity index (χ4v) is 3.14. The second-order valence-corrected chi connectivity index (χ2v) is 6.33. The van der Waals surface area contributed by atoms with Crippen molar-refractivity contribution in [3.63, 3.8) is 0 Å². The van der Waals surface area contributed by atoms with E-state index in [0.717, 1.165) is 26.6 Å². The van der Waals surface area contributed by atoms with E-state index in [1.165, 1.54) is 0 Å². The van der Waals surface area contributed by atoms with E-state index >= 15 is 0 Å². The molecule has 2 aromatic heterocycles. The number of hydrogen-bond donors (Lipinski definition) is 1. The minimum atomic E-state index is 0.317. The molecule has 5 heteroatoms. The summed E-state index contributed by atoms with van der Waals surface area (Å²) in [6.07, 6.45) is 1.80. The van der Waals surface area contributed by atoms with Crippen molar-refractivity contribution in [1.29, 1.82) is 0 Å². The van der Waals surface area contributed by atoms with Crippen LogP contribution in [0, 0.1) is 4.64 Å². The topological polar surface area (TPSA) is 41.6 Å². The molecule has 3 aromatic rings. The number of aromatic nitrogens is 3. The van der Waals surface area contributed by atoms with E-state index in [1.807, 2.05) is 24.3 Å². The van der Waals surface area contributed by atoms with Crippen LogP contribution in [0.15, 0.2) is 41.0 Å². The molecular formula is C16H14BrN3S. The Labute approximate surface area is 136 Å². The van der Waals surface area contributed by atoms with Gasteiger partial charge in [-0.2, -0.15) is 0 Å². The van der Waals surface area contributed by atoms with Gasteiger partial charge in [0.1, 0.15) is 10.3 Å². The van der Waals surface area contributed by atoms with E-state index in [2.05, 4.69) is 50.8 Å². The first-order chi connectivity index (χ1) is 10.1. The smallest absolute Gasteiger partial charge is 0.158 e. The van der Waals surface area contributed by atoms with Gasteiger partial charge in [-0.1, -0.05) is 50.3 Å². The fraction of sp³-hybridized carbons (Fsp3) is 0.188. The molecule has 0 saturated heterocycles. The molecule has 3 nitrogen and oxygen atoms in total. The quantitative estimate of drug-likeness (QED) is 0.636. The van der Waals surface area contributed by atoms with Crippen LogP contribution in [0.1, 0.15) is 25.5 Å². The summed E-state index contributed by atoms with van der Waals surface area (Å²) in [6, 6.07) is 10.1. The van der Waals surface area contributed by atoms with E-state index in [0.29, 0.717) is 16.4 Å². The van der Waals surface area contributed by atoms with Crippen molar-refractivity contribution < 1.29 is 0 Å². The van der Waals surface area contributed by atoms with Crippen molar-refractivity contribution in [2.24, 2.45) is 0 Å². The first kappa shape index (κ1) is 14.4. The molecule has 1 N–H and O–H groups in total. The molecule has 0 spiro atoms. The lowest BCUT2D eigenvalue weighted by molar-refractivity contribution is 0.806. The Balaban J connectivity index is 2.31. The normalized spacial score (nSPS) is 11.2. The van der Waals surface area contributed by atoms with E-state index in [-0.39, 0.29) is 0 Å². The molecule has 0 bridgehead atoms. The van der Waals surface area contributed by atoms with Crippen LogP contribution in [0.4, 0.5) is 0 Å². The van der Waals surface area contributed by atoms with Gasteiger partial charge in [0.15, 0.2) is 5.82 Å². The van der Waals surface area contributed by atoms with Gasteiger partial charge in [-0.15, -0.1) is 0 Å². The average Bonchev–Trinajstić information content (AvgIpc) is 2.49. The van der Waals surface area contributed by atoms with Crippen LogP contribution in [-0.4, -0.2) is 15.0 Å². The van der Waals surface area contributed by atoms with E-state index < -0.39 is 0 Å². The first-order valence-electron chi connectivity index (χ1n) is 6.71. The van der Waals surface area contributed by atoms with Crippen LogP contribution in [0.25, 0.3) is 22.3 Å². The Morgan fingerprint density at radius 2 is 1.95 bits per heavy atom. The van der Waals surface area contributed by atoms with E-state index in [1.54, 1.807) is 6.20 Å². The number of pyridine rings is 1. The molecule has 2 heterocycles. The maximum absolute atomic E-state index is 5.36. The highest BCUT2D eigenvalue weighted by Gasteiger charge is 2.13. The van der Waals surface area contributed by atoms with Gasteiger partial charge in [0.25, 0.3) is 0 Å². The summed E-state index contributed by atoms with van der Waals surface area (Å²) in [6.45, 7) is 4.23. The maximum atomic E-state index is 5.36. The number of fused-ring (bicyclic) bond motifs is 1. The molecule has 0 amide bonds. The second kappa shape index (κ2) is 5.66. The number of nitrogens with one attached hydrogen (secondary N) is 1. The lowest BCUT2D eigenvalue weighted by Gasteiger charge is -2.12. The zero-order valence-corrected chi connectivity index (χ0v) is 14.1. The lowest BCUT2D eigenvalue weighted by Crippen LogP contribution is -2.01. The van der Waals surface area contributed by atoms with Gasteiger partial charge in [-0.25, -0.2) is 4.98 Å². The summed E-state index contributed by atoms with van der Waals surface area (Å²) in [5.41, 5.74) is 1.87. The molecule has 0 saturated carbocycles. The average molecular weight is 360 g/mol. The van der Waals surface area contributed by atoms with Gasteiger partial charge in [0.05, 0.1) is 4.47 Å². The molecule has 21 heavy (non-hydrogen) atoms. The van der Waals surface area contributed by atoms with Crippen molar-refractivity contribution in [1.82, 2.24) is 15.0 Å². The zero-order chi connectivity index (χ0) is 15.0. The van der Waals surface area contributed by atoms with Crippen LogP contribution < -0.4 is 0 Å². The molecule has 0 aliphatic rings. The third-order valence-corrected chi connectivity index (χ3v) is 4.73. The Morgan fingerprint density at radius 1 is 1.19 bits per heavy atom. The van der Waals surface area contributed by atoms with E-state index in [4.69, 9.17) is 12.2 Å². The number of halogens is 1. The molecular weight excluding hydrogens is 346 g/mol. The third-order valence-electron chi connectivity index (χ3n) is 3.37. The lowest BCUT2D eigenvalue weighted by atomic mass is 10.1. The number of aromatic amines is 1. The minimum Gasteiger partial charge on any atom is -0.341 e. The molecule has 3 rings (SSSR count). The highest BCUT2D eigenvalue weighted by atomic mass is 79.9. The van der Waals surface area contributed by atoms with Gasteiger partial charge < -0.3 is 4.98 Å². The Morgan fingerprint density at radius 3 is 2.71 bits per heavy atom. The van der Waals surface area contributed by atoms with Crippen LogP contribution >= 0.6 is 28.1 Å². The third kappa shape index (κ3) is 2.63. The van der Waals surface area contributed by atoms with Gasteiger partial charge in [-0.05, 0) is 33.3 Å². The Hall–Kier alpha value is -1.59. The van der Waals surface area contributed by atoms with Crippen LogP contribution in [0.5, 0.6) is 0 Å². The van der Waals surface area contributed by atoms with Crippen molar-refractivity contribution in [2.45, 2.75) is 19.8 Å². The molecule has 0 radical (unpaired) electrons. The summed E-state index contributed by atoms with van der Waals surface area (Å²) < 4.78 is 1.42. The monoisotopic (exact) mass is 359 g/mol. The summed E-state index contributed by atoms with van der Waals surface area (Å²) in [5.74, 6) is 1.03. The molecule has 106 valence electrons. The van der Waals surface area contributed by atoms with Gasteiger partial charge in [0, 0.05) is 17.3 Å². The molecule has 1 aromatic carbocycles. The van der Waals surface area contributed by atoms with Crippen molar-refractivity contribution in [3.8, 4) is 11.5 Å². The zero-order valence-electron chi connectivity index (χ0n) is 11.7. The van der Waals surface area contributed by atoms with Gasteiger partial charge >= 0.3 is 0 Å².